The molecule has 130 valence electrons. The van der Waals surface area contributed by atoms with Crippen molar-refractivity contribution in [3.05, 3.63) is 65.7 Å². The summed E-state index contributed by atoms with van der Waals surface area (Å²) in [5.74, 6) is 0.0636. The lowest BCUT2D eigenvalue weighted by atomic mass is 10.1. The Bertz CT molecular complexity index is 728. The highest BCUT2D eigenvalue weighted by Crippen LogP contribution is 2.21. The van der Waals surface area contributed by atoms with Crippen LogP contribution >= 0.6 is 0 Å². The Labute approximate surface area is 147 Å². The predicted molar refractivity (Wildman–Crippen MR) is 96.8 cm³/mol. The second-order valence-electron chi connectivity index (χ2n) is 6.24. The molecule has 1 aliphatic rings. The molecule has 1 aliphatic heterocycles. The van der Waals surface area contributed by atoms with Gasteiger partial charge in [-0.3, -0.25) is 4.79 Å². The molecule has 1 N–H and O–H groups in total. The number of nitrogens with zero attached hydrogens (tertiary/aromatic N) is 1. The molecule has 0 radical (unpaired) electrons. The number of rotatable bonds is 5. The number of carbonyl (C=O) groups excluding carboxylic acids is 2. The lowest BCUT2D eigenvalue weighted by Crippen LogP contribution is -2.37. The van der Waals surface area contributed by atoms with Gasteiger partial charge in [0.05, 0.1) is 6.04 Å². The van der Waals surface area contributed by atoms with E-state index in [1.165, 1.54) is 0 Å². The van der Waals surface area contributed by atoms with Crippen LogP contribution in [-0.4, -0.2) is 31.0 Å². The Morgan fingerprint density at radius 3 is 2.52 bits per heavy atom. The fraction of sp³-hybridized carbons (Fsp3) is 0.300. The van der Waals surface area contributed by atoms with Crippen LogP contribution in [0, 0.1) is 0 Å². The number of amides is 1. The third kappa shape index (κ3) is 4.59. The summed E-state index contributed by atoms with van der Waals surface area (Å²) in [6.07, 6.45) is 0.483. The molecule has 1 fully saturated rings. The van der Waals surface area contributed by atoms with Gasteiger partial charge in [-0.1, -0.05) is 30.3 Å². The largest absolute Gasteiger partial charge is 0.445 e. The van der Waals surface area contributed by atoms with Gasteiger partial charge in [0.1, 0.15) is 6.61 Å². The Hall–Kier alpha value is -2.82. The molecule has 5 heteroatoms. The molecular weight excluding hydrogens is 316 g/mol. The molecule has 5 nitrogen and oxygen atoms in total. The van der Waals surface area contributed by atoms with E-state index in [-0.39, 0.29) is 24.5 Å². The summed E-state index contributed by atoms with van der Waals surface area (Å²) in [4.78, 5) is 25.5. The minimum absolute atomic E-state index is 0.0636. The fourth-order valence-electron chi connectivity index (χ4n) is 2.95. The van der Waals surface area contributed by atoms with Crippen LogP contribution in [0.15, 0.2) is 54.6 Å². The molecule has 0 bridgehead atoms. The van der Waals surface area contributed by atoms with Crippen LogP contribution in [0.25, 0.3) is 0 Å². The van der Waals surface area contributed by atoms with Crippen molar-refractivity contribution in [3.8, 4) is 0 Å². The SMILES string of the molecule is CC(=O)c1ccc(N2CC[C@@H](NC(=O)OCc3ccccc3)C2)cc1. The molecule has 1 atom stereocenters. The van der Waals surface area contributed by atoms with Gasteiger partial charge in [-0.15, -0.1) is 0 Å². The molecule has 0 saturated carbocycles. The Morgan fingerprint density at radius 2 is 1.84 bits per heavy atom. The second kappa shape index (κ2) is 7.83. The molecule has 0 aliphatic carbocycles. The highest BCUT2D eigenvalue weighted by molar-refractivity contribution is 5.94. The fourth-order valence-corrected chi connectivity index (χ4v) is 2.95. The van der Waals surface area contributed by atoms with E-state index in [0.717, 1.165) is 30.8 Å². The molecule has 0 unspecified atom stereocenters. The molecule has 0 aromatic heterocycles. The Morgan fingerprint density at radius 1 is 1.12 bits per heavy atom. The number of ether oxygens (including phenoxy) is 1. The minimum atomic E-state index is -0.386. The highest BCUT2D eigenvalue weighted by atomic mass is 16.5. The van der Waals surface area contributed by atoms with Crippen LogP contribution in [0.4, 0.5) is 10.5 Å². The zero-order valence-electron chi connectivity index (χ0n) is 14.3. The van der Waals surface area contributed by atoms with Gasteiger partial charge in [0, 0.05) is 24.3 Å². The standard InChI is InChI=1S/C20H22N2O3/c1-15(23)17-7-9-19(10-8-17)22-12-11-18(13-22)21-20(24)25-14-16-5-3-2-4-6-16/h2-10,18H,11-14H2,1H3,(H,21,24)/t18-/m1/s1. The van der Waals surface area contributed by atoms with Gasteiger partial charge in [0.2, 0.25) is 0 Å². The summed E-state index contributed by atoms with van der Waals surface area (Å²) in [7, 11) is 0. The van der Waals surface area contributed by atoms with Crippen molar-refractivity contribution in [1.82, 2.24) is 5.32 Å². The molecule has 2 aromatic rings. The number of benzene rings is 2. The molecule has 1 saturated heterocycles. The van der Waals surface area contributed by atoms with Gasteiger partial charge in [-0.25, -0.2) is 4.79 Å². The van der Waals surface area contributed by atoms with Gasteiger partial charge in [-0.05, 0) is 43.2 Å². The molecule has 1 heterocycles. The molecular formula is C20H22N2O3. The van der Waals surface area contributed by atoms with Crippen molar-refractivity contribution in [1.29, 1.82) is 0 Å². The Kier molecular flexibility index (Phi) is 5.33. The van der Waals surface area contributed by atoms with Crippen molar-refractivity contribution in [2.75, 3.05) is 18.0 Å². The maximum absolute atomic E-state index is 11.9. The average Bonchev–Trinajstić information content (AvgIpc) is 3.09. The summed E-state index contributed by atoms with van der Waals surface area (Å²) in [5.41, 5.74) is 2.74. The third-order valence-corrected chi connectivity index (χ3v) is 4.36. The molecule has 2 aromatic carbocycles. The van der Waals surface area contributed by atoms with E-state index < -0.39 is 0 Å². The van der Waals surface area contributed by atoms with Crippen molar-refractivity contribution in [3.63, 3.8) is 0 Å². The first-order valence-corrected chi connectivity index (χ1v) is 8.45. The van der Waals surface area contributed by atoms with E-state index in [9.17, 15) is 9.59 Å². The minimum Gasteiger partial charge on any atom is -0.445 e. The zero-order valence-corrected chi connectivity index (χ0v) is 14.3. The summed E-state index contributed by atoms with van der Waals surface area (Å²) in [6, 6.07) is 17.3. The number of hydrogen-bond donors (Lipinski definition) is 1. The number of Topliss-reactive ketones (excluding diaryl/α,β-unsaturated/α-hetero) is 1. The Balaban J connectivity index is 1.47. The summed E-state index contributed by atoms with van der Waals surface area (Å²) in [5, 5.41) is 2.92. The highest BCUT2D eigenvalue weighted by Gasteiger charge is 2.24. The lowest BCUT2D eigenvalue weighted by molar-refractivity contribution is 0.101. The number of hydrogen-bond acceptors (Lipinski definition) is 4. The van der Waals surface area contributed by atoms with Gasteiger partial charge in [-0.2, -0.15) is 0 Å². The number of anilines is 1. The van der Waals surface area contributed by atoms with Gasteiger partial charge >= 0.3 is 6.09 Å². The normalized spacial score (nSPS) is 16.5. The molecule has 3 rings (SSSR count). The quantitative estimate of drug-likeness (QED) is 0.849. The van der Waals surface area contributed by atoms with Crippen LogP contribution in [0.2, 0.25) is 0 Å². The molecule has 25 heavy (non-hydrogen) atoms. The van der Waals surface area contributed by atoms with E-state index in [1.807, 2.05) is 54.6 Å². The van der Waals surface area contributed by atoms with Crippen molar-refractivity contribution in [2.45, 2.75) is 26.0 Å². The van der Waals surface area contributed by atoms with Crippen LogP contribution in [0.3, 0.4) is 0 Å². The lowest BCUT2D eigenvalue weighted by Gasteiger charge is -2.19. The van der Waals surface area contributed by atoms with E-state index >= 15 is 0 Å². The molecule has 1 amide bonds. The van der Waals surface area contributed by atoms with Gasteiger partial charge in [0.15, 0.2) is 5.78 Å². The summed E-state index contributed by atoms with van der Waals surface area (Å²) in [6.45, 7) is 3.43. The first-order chi connectivity index (χ1) is 12.1. The van der Waals surface area contributed by atoms with Crippen molar-refractivity contribution < 1.29 is 14.3 Å². The molecule has 0 spiro atoms. The maximum atomic E-state index is 11.9. The van der Waals surface area contributed by atoms with Crippen LogP contribution < -0.4 is 10.2 Å². The smallest absolute Gasteiger partial charge is 0.407 e. The second-order valence-corrected chi connectivity index (χ2v) is 6.24. The van der Waals surface area contributed by atoms with Gasteiger partial charge < -0.3 is 15.0 Å². The first-order valence-electron chi connectivity index (χ1n) is 8.45. The number of alkyl carbamates (subject to hydrolysis) is 1. The van der Waals surface area contributed by atoms with E-state index in [2.05, 4.69) is 10.2 Å². The summed E-state index contributed by atoms with van der Waals surface area (Å²) >= 11 is 0. The van der Waals surface area contributed by atoms with Crippen molar-refractivity contribution >= 4 is 17.6 Å². The van der Waals surface area contributed by atoms with Crippen LogP contribution in [0.1, 0.15) is 29.3 Å². The predicted octanol–water partition coefficient (Wildman–Crippen LogP) is 3.39. The maximum Gasteiger partial charge on any atom is 0.407 e. The summed E-state index contributed by atoms with van der Waals surface area (Å²) < 4.78 is 5.27. The number of carbonyl (C=O) groups is 2. The average molecular weight is 338 g/mol. The van der Waals surface area contributed by atoms with Crippen molar-refractivity contribution in [2.24, 2.45) is 0 Å². The third-order valence-electron chi connectivity index (χ3n) is 4.36. The first kappa shape index (κ1) is 17.0. The van der Waals surface area contributed by atoms with E-state index in [4.69, 9.17) is 4.74 Å². The number of ketones is 1. The zero-order chi connectivity index (χ0) is 17.6. The number of nitrogens with one attached hydrogen (secondary N) is 1. The van der Waals surface area contributed by atoms with Gasteiger partial charge in [0.25, 0.3) is 0 Å². The van der Waals surface area contributed by atoms with Crippen LogP contribution in [-0.2, 0) is 11.3 Å². The van der Waals surface area contributed by atoms with E-state index in [0.29, 0.717) is 5.56 Å². The van der Waals surface area contributed by atoms with Crippen LogP contribution in [0.5, 0.6) is 0 Å². The monoisotopic (exact) mass is 338 g/mol. The topological polar surface area (TPSA) is 58.6 Å². The van der Waals surface area contributed by atoms with E-state index in [1.54, 1.807) is 6.92 Å².